The van der Waals surface area contributed by atoms with Crippen LogP contribution in [0.5, 0.6) is 0 Å². The maximum atomic E-state index is 4.38. The van der Waals surface area contributed by atoms with Crippen molar-refractivity contribution in [2.75, 3.05) is 7.05 Å². The molecule has 0 aliphatic rings. The number of nitrogens with zero attached hydrogens (tertiary/aromatic N) is 2. The lowest BCUT2D eigenvalue weighted by atomic mass is 10.3. The van der Waals surface area contributed by atoms with Gasteiger partial charge in [0.25, 0.3) is 0 Å². The highest BCUT2D eigenvalue weighted by Gasteiger charge is 2.06. The van der Waals surface area contributed by atoms with E-state index in [4.69, 9.17) is 0 Å². The summed E-state index contributed by atoms with van der Waals surface area (Å²) in [5.74, 6) is 0. The molecule has 4 heteroatoms. The third-order valence-corrected chi connectivity index (χ3v) is 2.41. The van der Waals surface area contributed by atoms with Crippen LogP contribution in [0.3, 0.4) is 0 Å². The third-order valence-electron chi connectivity index (χ3n) is 1.53. The monoisotopic (exact) mass is 183 g/mol. The minimum absolute atomic E-state index is 0.944. The van der Waals surface area contributed by atoms with E-state index >= 15 is 0 Å². The maximum absolute atomic E-state index is 4.38. The molecule has 0 aromatic carbocycles. The van der Waals surface area contributed by atoms with E-state index in [1.165, 1.54) is 4.88 Å². The molecule has 0 aliphatic heterocycles. The number of aryl methyl sites for hydroxylation is 2. The van der Waals surface area contributed by atoms with Gasteiger partial charge in [-0.05, 0) is 20.8 Å². The van der Waals surface area contributed by atoms with Gasteiger partial charge < -0.3 is 5.43 Å². The van der Waals surface area contributed by atoms with Gasteiger partial charge in [-0.2, -0.15) is 5.10 Å². The fourth-order valence-corrected chi connectivity index (χ4v) is 1.96. The van der Waals surface area contributed by atoms with Crippen LogP contribution >= 0.6 is 11.3 Å². The Hall–Kier alpha value is -0.900. The second kappa shape index (κ2) is 3.67. The summed E-state index contributed by atoms with van der Waals surface area (Å²) >= 11 is 1.70. The minimum atomic E-state index is 0.944. The molecule has 3 nitrogen and oxygen atoms in total. The van der Waals surface area contributed by atoms with Gasteiger partial charge in [-0.25, -0.2) is 4.98 Å². The molecule has 0 saturated carbocycles. The van der Waals surface area contributed by atoms with Gasteiger partial charge in [0.1, 0.15) is 5.69 Å². The van der Waals surface area contributed by atoms with Crippen molar-refractivity contribution in [1.29, 1.82) is 0 Å². The molecule has 0 aliphatic carbocycles. The Labute approximate surface area is 76.5 Å². The molecule has 0 atom stereocenters. The molecule has 12 heavy (non-hydrogen) atoms. The molecule has 0 saturated heterocycles. The van der Waals surface area contributed by atoms with Gasteiger partial charge in [-0.1, -0.05) is 0 Å². The van der Waals surface area contributed by atoms with Gasteiger partial charge in [0.2, 0.25) is 0 Å². The van der Waals surface area contributed by atoms with Gasteiger partial charge in [-0.3, -0.25) is 0 Å². The van der Waals surface area contributed by atoms with Crippen molar-refractivity contribution in [1.82, 2.24) is 10.4 Å². The zero-order valence-corrected chi connectivity index (χ0v) is 8.62. The lowest BCUT2D eigenvalue weighted by molar-refractivity contribution is 0.897. The van der Waals surface area contributed by atoms with E-state index in [9.17, 15) is 0 Å². The molecule has 66 valence electrons. The predicted octanol–water partition coefficient (Wildman–Crippen LogP) is 1.70. The number of hydrazone groups is 1. The first kappa shape index (κ1) is 9.19. The highest BCUT2D eigenvalue weighted by molar-refractivity contribution is 7.11. The molecule has 1 aromatic heterocycles. The van der Waals surface area contributed by atoms with Gasteiger partial charge in [0, 0.05) is 11.9 Å². The summed E-state index contributed by atoms with van der Waals surface area (Å²) in [5.41, 5.74) is 4.71. The summed E-state index contributed by atoms with van der Waals surface area (Å²) < 4.78 is 0. The van der Waals surface area contributed by atoms with Gasteiger partial charge in [0.15, 0.2) is 0 Å². The second-order valence-electron chi connectivity index (χ2n) is 2.56. The van der Waals surface area contributed by atoms with E-state index in [2.05, 4.69) is 22.4 Å². The SMILES string of the molecule is CN/N=C(\C)c1nc(C)sc1C. The first-order valence-corrected chi connectivity index (χ1v) is 4.62. The lowest BCUT2D eigenvalue weighted by Gasteiger charge is -1.95. The fraction of sp³-hybridized carbons (Fsp3) is 0.500. The standard InChI is InChI=1S/C8H13N3S/c1-5(11-9-4)8-6(2)12-7(3)10-8/h9H,1-4H3/b11-5+. The van der Waals surface area contributed by atoms with Crippen LogP contribution in [0.2, 0.25) is 0 Å². The topological polar surface area (TPSA) is 37.3 Å². The zero-order valence-electron chi connectivity index (χ0n) is 7.80. The molecule has 1 aromatic rings. The predicted molar refractivity (Wildman–Crippen MR) is 52.9 cm³/mol. The lowest BCUT2D eigenvalue weighted by Crippen LogP contribution is -2.04. The summed E-state index contributed by atoms with van der Waals surface area (Å²) in [7, 11) is 1.79. The Kier molecular flexibility index (Phi) is 2.81. The van der Waals surface area contributed by atoms with Crippen molar-refractivity contribution < 1.29 is 0 Å². The molecule has 0 bridgehead atoms. The maximum Gasteiger partial charge on any atom is 0.100 e. The molecular formula is C8H13N3S. The van der Waals surface area contributed by atoms with E-state index in [0.717, 1.165) is 16.4 Å². The molecule has 1 heterocycles. The van der Waals surface area contributed by atoms with Crippen molar-refractivity contribution in [3.63, 3.8) is 0 Å². The number of rotatable bonds is 2. The van der Waals surface area contributed by atoms with Crippen LogP contribution in [0.4, 0.5) is 0 Å². The first-order valence-electron chi connectivity index (χ1n) is 3.80. The van der Waals surface area contributed by atoms with Crippen molar-refractivity contribution in [3.8, 4) is 0 Å². The molecule has 1 rings (SSSR count). The Morgan fingerprint density at radius 1 is 1.50 bits per heavy atom. The summed E-state index contributed by atoms with van der Waals surface area (Å²) in [6.45, 7) is 6.03. The van der Waals surface area contributed by atoms with Crippen LogP contribution < -0.4 is 5.43 Å². The van der Waals surface area contributed by atoms with Gasteiger partial charge in [-0.15, -0.1) is 11.3 Å². The molecule has 0 fully saturated rings. The number of nitrogens with one attached hydrogen (secondary N) is 1. The summed E-state index contributed by atoms with van der Waals surface area (Å²) in [6.07, 6.45) is 0. The molecule has 0 amide bonds. The van der Waals surface area contributed by atoms with Crippen LogP contribution in [0.25, 0.3) is 0 Å². The Morgan fingerprint density at radius 3 is 2.58 bits per heavy atom. The van der Waals surface area contributed by atoms with E-state index in [0.29, 0.717) is 0 Å². The van der Waals surface area contributed by atoms with Crippen LogP contribution in [0.1, 0.15) is 22.5 Å². The average Bonchev–Trinajstić information content (AvgIpc) is 2.30. The molecular weight excluding hydrogens is 170 g/mol. The van der Waals surface area contributed by atoms with Crippen LogP contribution in [0, 0.1) is 13.8 Å². The van der Waals surface area contributed by atoms with E-state index in [1.54, 1.807) is 18.4 Å². The quantitative estimate of drug-likeness (QED) is 0.560. The van der Waals surface area contributed by atoms with Crippen molar-refractivity contribution in [2.24, 2.45) is 5.10 Å². The third kappa shape index (κ3) is 1.82. The van der Waals surface area contributed by atoms with Crippen molar-refractivity contribution in [2.45, 2.75) is 20.8 Å². The van der Waals surface area contributed by atoms with E-state index < -0.39 is 0 Å². The summed E-state index contributed by atoms with van der Waals surface area (Å²) in [6, 6.07) is 0. The average molecular weight is 183 g/mol. The second-order valence-corrected chi connectivity index (χ2v) is 3.97. The molecule has 0 spiro atoms. The normalized spacial score (nSPS) is 11.8. The Balaban J connectivity index is 3.02. The molecule has 0 radical (unpaired) electrons. The Morgan fingerprint density at radius 2 is 2.17 bits per heavy atom. The summed E-state index contributed by atoms with van der Waals surface area (Å²) in [4.78, 5) is 5.60. The highest BCUT2D eigenvalue weighted by Crippen LogP contribution is 2.16. The number of hydrogen-bond donors (Lipinski definition) is 1. The molecule has 1 N–H and O–H groups in total. The minimum Gasteiger partial charge on any atom is -0.313 e. The first-order chi connectivity index (χ1) is 5.65. The smallest absolute Gasteiger partial charge is 0.100 e. The van der Waals surface area contributed by atoms with Crippen molar-refractivity contribution >= 4 is 17.0 Å². The van der Waals surface area contributed by atoms with Crippen LogP contribution in [-0.2, 0) is 0 Å². The highest BCUT2D eigenvalue weighted by atomic mass is 32.1. The van der Waals surface area contributed by atoms with Crippen LogP contribution in [-0.4, -0.2) is 17.7 Å². The number of hydrogen-bond acceptors (Lipinski definition) is 4. The van der Waals surface area contributed by atoms with Gasteiger partial charge >= 0.3 is 0 Å². The van der Waals surface area contributed by atoms with Crippen LogP contribution in [0.15, 0.2) is 5.10 Å². The largest absolute Gasteiger partial charge is 0.313 e. The fourth-order valence-electron chi connectivity index (χ4n) is 1.09. The zero-order chi connectivity index (χ0) is 9.14. The van der Waals surface area contributed by atoms with Gasteiger partial charge in [0.05, 0.1) is 10.7 Å². The summed E-state index contributed by atoms with van der Waals surface area (Å²) in [5, 5.41) is 5.17. The number of thiazole rings is 1. The van der Waals surface area contributed by atoms with E-state index in [1.807, 2.05) is 13.8 Å². The number of aromatic nitrogens is 1. The van der Waals surface area contributed by atoms with Crippen molar-refractivity contribution in [3.05, 3.63) is 15.6 Å². The Bertz CT molecular complexity index is 301. The van der Waals surface area contributed by atoms with E-state index in [-0.39, 0.29) is 0 Å². The molecule has 0 unspecified atom stereocenters.